The van der Waals surface area contributed by atoms with Crippen LogP contribution in [0.1, 0.15) is 5.56 Å². The maximum Gasteiger partial charge on any atom is 0.224 e. The zero-order valence-electron chi connectivity index (χ0n) is 11.7. The number of benzene rings is 1. The van der Waals surface area contributed by atoms with Crippen molar-refractivity contribution in [3.63, 3.8) is 0 Å². The van der Waals surface area contributed by atoms with E-state index in [1.807, 2.05) is 12.1 Å². The maximum absolute atomic E-state index is 4.97. The Morgan fingerprint density at radius 2 is 1.90 bits per heavy atom. The molecule has 2 aromatic rings. The number of ether oxygens (including phenoxy) is 1. The highest BCUT2D eigenvalue weighted by molar-refractivity contribution is 5.39. The topological polar surface area (TPSA) is 59.1 Å². The van der Waals surface area contributed by atoms with Crippen LogP contribution in [0.3, 0.4) is 0 Å². The van der Waals surface area contributed by atoms with Gasteiger partial charge in [0.2, 0.25) is 5.95 Å². The van der Waals surface area contributed by atoms with Crippen LogP contribution in [0.15, 0.2) is 42.6 Å². The van der Waals surface area contributed by atoms with E-state index in [9.17, 15) is 0 Å². The molecule has 0 spiro atoms. The second-order valence-corrected chi connectivity index (χ2v) is 4.35. The Morgan fingerprint density at radius 3 is 2.70 bits per heavy atom. The molecule has 0 aliphatic rings. The minimum atomic E-state index is 0.617. The van der Waals surface area contributed by atoms with Gasteiger partial charge >= 0.3 is 0 Å². The summed E-state index contributed by atoms with van der Waals surface area (Å²) >= 11 is 0. The van der Waals surface area contributed by atoms with Gasteiger partial charge in [-0.25, -0.2) is 4.98 Å². The average Bonchev–Trinajstić information content (AvgIpc) is 2.49. The van der Waals surface area contributed by atoms with Gasteiger partial charge in [0.25, 0.3) is 0 Å². The largest absolute Gasteiger partial charge is 0.383 e. The van der Waals surface area contributed by atoms with E-state index in [2.05, 4.69) is 44.9 Å². The summed E-state index contributed by atoms with van der Waals surface area (Å²) in [5.41, 5.74) is 1.31. The predicted octanol–water partition coefficient (Wildman–Crippen LogP) is 2.19. The minimum Gasteiger partial charge on any atom is -0.383 e. The van der Waals surface area contributed by atoms with E-state index in [0.29, 0.717) is 19.1 Å². The molecule has 1 aromatic heterocycles. The Labute approximate surface area is 119 Å². The van der Waals surface area contributed by atoms with Crippen molar-refractivity contribution < 1.29 is 4.74 Å². The van der Waals surface area contributed by atoms with Crippen LogP contribution in [-0.4, -0.2) is 36.8 Å². The minimum absolute atomic E-state index is 0.617. The number of anilines is 2. The molecule has 1 heterocycles. The number of rotatable bonds is 8. The van der Waals surface area contributed by atoms with Crippen LogP contribution in [0.25, 0.3) is 0 Å². The van der Waals surface area contributed by atoms with Gasteiger partial charge in [0.1, 0.15) is 5.82 Å². The molecule has 20 heavy (non-hydrogen) atoms. The number of aromatic nitrogens is 2. The molecule has 0 aliphatic carbocycles. The molecule has 0 aliphatic heterocycles. The summed E-state index contributed by atoms with van der Waals surface area (Å²) < 4.78 is 4.97. The Morgan fingerprint density at radius 1 is 1.05 bits per heavy atom. The molecule has 0 radical (unpaired) electrons. The molecule has 0 amide bonds. The lowest BCUT2D eigenvalue weighted by atomic mass is 10.1. The molecule has 2 N–H and O–H groups in total. The normalized spacial score (nSPS) is 10.2. The highest BCUT2D eigenvalue weighted by Crippen LogP contribution is 2.06. The molecule has 2 rings (SSSR count). The molecule has 0 atom stereocenters. The number of methoxy groups -OCH3 is 1. The molecule has 0 bridgehead atoms. The van der Waals surface area contributed by atoms with Crippen LogP contribution in [-0.2, 0) is 11.2 Å². The van der Waals surface area contributed by atoms with Gasteiger partial charge in [-0.05, 0) is 18.1 Å². The Hall–Kier alpha value is -2.14. The van der Waals surface area contributed by atoms with Crippen molar-refractivity contribution in [2.75, 3.05) is 37.4 Å². The first-order valence-electron chi connectivity index (χ1n) is 6.72. The second kappa shape index (κ2) is 8.12. The van der Waals surface area contributed by atoms with Gasteiger partial charge in [-0.1, -0.05) is 30.3 Å². The second-order valence-electron chi connectivity index (χ2n) is 4.35. The molecule has 5 heteroatoms. The smallest absolute Gasteiger partial charge is 0.224 e. The molecule has 0 saturated carbocycles. The van der Waals surface area contributed by atoms with E-state index in [1.165, 1.54) is 5.56 Å². The Bertz CT molecular complexity index is 504. The molecule has 1 aromatic carbocycles. The summed E-state index contributed by atoms with van der Waals surface area (Å²) in [4.78, 5) is 8.55. The van der Waals surface area contributed by atoms with Crippen molar-refractivity contribution in [3.05, 3.63) is 48.2 Å². The standard InChI is InChI=1S/C15H20N4O/c1-20-12-11-18-15-17-10-8-14(19-15)16-9-7-13-5-3-2-4-6-13/h2-6,8,10H,7,9,11-12H2,1H3,(H2,16,17,18,19). The first-order chi connectivity index (χ1) is 9.88. The lowest BCUT2D eigenvalue weighted by Gasteiger charge is -2.08. The van der Waals surface area contributed by atoms with Crippen molar-refractivity contribution in [3.8, 4) is 0 Å². The third kappa shape index (κ3) is 4.85. The fraction of sp³-hybridized carbons (Fsp3) is 0.333. The van der Waals surface area contributed by atoms with Crippen LogP contribution < -0.4 is 10.6 Å². The van der Waals surface area contributed by atoms with Crippen molar-refractivity contribution in [1.82, 2.24) is 9.97 Å². The Kier molecular flexibility index (Phi) is 5.79. The third-order valence-corrected chi connectivity index (χ3v) is 2.81. The molecule has 0 saturated heterocycles. The summed E-state index contributed by atoms with van der Waals surface area (Å²) in [5, 5.41) is 6.41. The fourth-order valence-electron chi connectivity index (χ4n) is 1.79. The fourth-order valence-corrected chi connectivity index (χ4v) is 1.79. The Balaban J connectivity index is 1.79. The van der Waals surface area contributed by atoms with Crippen molar-refractivity contribution in [2.24, 2.45) is 0 Å². The summed E-state index contributed by atoms with van der Waals surface area (Å²) in [6.45, 7) is 2.18. The molecule has 106 valence electrons. The van der Waals surface area contributed by atoms with Gasteiger partial charge in [0.15, 0.2) is 0 Å². The molecule has 5 nitrogen and oxygen atoms in total. The quantitative estimate of drug-likeness (QED) is 0.721. The van der Waals surface area contributed by atoms with Gasteiger partial charge in [-0.15, -0.1) is 0 Å². The zero-order chi connectivity index (χ0) is 14.0. The van der Waals surface area contributed by atoms with Gasteiger partial charge in [0.05, 0.1) is 6.61 Å². The van der Waals surface area contributed by atoms with E-state index >= 15 is 0 Å². The lowest BCUT2D eigenvalue weighted by molar-refractivity contribution is 0.210. The van der Waals surface area contributed by atoms with E-state index < -0.39 is 0 Å². The van der Waals surface area contributed by atoms with E-state index in [-0.39, 0.29) is 0 Å². The molecular formula is C15H20N4O. The summed E-state index contributed by atoms with van der Waals surface area (Å²) in [7, 11) is 1.67. The van der Waals surface area contributed by atoms with Crippen molar-refractivity contribution in [2.45, 2.75) is 6.42 Å². The molecular weight excluding hydrogens is 252 g/mol. The van der Waals surface area contributed by atoms with Gasteiger partial charge in [-0.3, -0.25) is 0 Å². The predicted molar refractivity (Wildman–Crippen MR) is 81.0 cm³/mol. The first-order valence-corrected chi connectivity index (χ1v) is 6.72. The summed E-state index contributed by atoms with van der Waals surface area (Å²) in [5.74, 6) is 1.45. The van der Waals surface area contributed by atoms with Gasteiger partial charge in [-0.2, -0.15) is 4.98 Å². The van der Waals surface area contributed by atoms with Crippen molar-refractivity contribution in [1.29, 1.82) is 0 Å². The SMILES string of the molecule is COCCNc1nccc(NCCc2ccccc2)n1. The van der Waals surface area contributed by atoms with Crippen LogP contribution >= 0.6 is 0 Å². The van der Waals surface area contributed by atoms with Gasteiger partial charge < -0.3 is 15.4 Å². The van der Waals surface area contributed by atoms with Crippen LogP contribution in [0.4, 0.5) is 11.8 Å². The molecule has 0 unspecified atom stereocenters. The maximum atomic E-state index is 4.97. The summed E-state index contributed by atoms with van der Waals surface area (Å²) in [6.07, 6.45) is 2.71. The van der Waals surface area contributed by atoms with E-state index in [1.54, 1.807) is 13.3 Å². The zero-order valence-corrected chi connectivity index (χ0v) is 11.7. The number of hydrogen-bond acceptors (Lipinski definition) is 5. The third-order valence-electron chi connectivity index (χ3n) is 2.81. The lowest BCUT2D eigenvalue weighted by Crippen LogP contribution is -2.12. The first kappa shape index (κ1) is 14.3. The summed E-state index contributed by atoms with van der Waals surface area (Å²) in [6, 6.07) is 12.3. The van der Waals surface area contributed by atoms with Crippen LogP contribution in [0.5, 0.6) is 0 Å². The average molecular weight is 272 g/mol. The molecule has 0 fully saturated rings. The van der Waals surface area contributed by atoms with Crippen molar-refractivity contribution >= 4 is 11.8 Å². The number of nitrogens with zero attached hydrogens (tertiary/aromatic N) is 2. The highest BCUT2D eigenvalue weighted by Gasteiger charge is 1.98. The van der Waals surface area contributed by atoms with Crippen LogP contribution in [0.2, 0.25) is 0 Å². The van der Waals surface area contributed by atoms with E-state index in [0.717, 1.165) is 18.8 Å². The monoisotopic (exact) mass is 272 g/mol. The van der Waals surface area contributed by atoms with E-state index in [4.69, 9.17) is 4.74 Å². The number of hydrogen-bond donors (Lipinski definition) is 2. The van der Waals surface area contributed by atoms with Gasteiger partial charge in [0, 0.05) is 26.4 Å². The van der Waals surface area contributed by atoms with Crippen LogP contribution in [0, 0.1) is 0 Å². The number of nitrogens with one attached hydrogen (secondary N) is 2. The highest BCUT2D eigenvalue weighted by atomic mass is 16.5.